The van der Waals surface area contributed by atoms with Gasteiger partial charge in [-0.15, -0.1) is 11.3 Å². The molecule has 5 heteroatoms. The van der Waals surface area contributed by atoms with E-state index in [1.165, 1.54) is 4.88 Å². The summed E-state index contributed by atoms with van der Waals surface area (Å²) in [5.74, 6) is 0. The Balaban J connectivity index is 2.02. The molecule has 1 aromatic carbocycles. The molecule has 0 amide bonds. The number of aromatic nitrogens is 1. The number of thiazole rings is 1. The van der Waals surface area contributed by atoms with Crippen LogP contribution in [0, 0.1) is 6.92 Å². The highest BCUT2D eigenvalue weighted by atomic mass is 35.5. The van der Waals surface area contributed by atoms with Crippen LogP contribution in [-0.4, -0.2) is 4.98 Å². The van der Waals surface area contributed by atoms with E-state index in [9.17, 15) is 0 Å². The summed E-state index contributed by atoms with van der Waals surface area (Å²) in [6.07, 6.45) is 1.88. The van der Waals surface area contributed by atoms with Crippen molar-refractivity contribution in [3.05, 3.63) is 44.3 Å². The van der Waals surface area contributed by atoms with Crippen molar-refractivity contribution < 1.29 is 0 Å². The van der Waals surface area contributed by atoms with Crippen LogP contribution in [0.4, 0.5) is 5.69 Å². The molecule has 0 aliphatic heterocycles. The molecule has 0 radical (unpaired) electrons. The Morgan fingerprint density at radius 3 is 2.75 bits per heavy atom. The second-order valence-corrected chi connectivity index (χ2v) is 5.46. The molecule has 0 aliphatic rings. The normalized spacial score (nSPS) is 10.4. The van der Waals surface area contributed by atoms with Gasteiger partial charge in [0.15, 0.2) is 0 Å². The number of nitrogens with one attached hydrogen (secondary N) is 1. The fourth-order valence-corrected chi connectivity index (χ4v) is 2.32. The molecule has 0 bridgehead atoms. The quantitative estimate of drug-likeness (QED) is 0.898. The molecule has 1 N–H and O–H groups in total. The lowest BCUT2D eigenvalue weighted by molar-refractivity contribution is 1.17. The summed E-state index contributed by atoms with van der Waals surface area (Å²) < 4.78 is 0. The van der Waals surface area contributed by atoms with Crippen molar-refractivity contribution in [1.82, 2.24) is 4.98 Å². The van der Waals surface area contributed by atoms with Crippen LogP contribution in [-0.2, 0) is 6.54 Å². The summed E-state index contributed by atoms with van der Waals surface area (Å²) in [6, 6.07) is 5.50. The number of anilines is 1. The first-order chi connectivity index (χ1) is 7.65. The van der Waals surface area contributed by atoms with Crippen molar-refractivity contribution in [2.75, 3.05) is 5.32 Å². The van der Waals surface area contributed by atoms with E-state index < -0.39 is 0 Å². The zero-order chi connectivity index (χ0) is 11.5. The van der Waals surface area contributed by atoms with Crippen molar-refractivity contribution in [2.24, 2.45) is 0 Å². The van der Waals surface area contributed by atoms with E-state index >= 15 is 0 Å². The van der Waals surface area contributed by atoms with Crippen molar-refractivity contribution in [3.63, 3.8) is 0 Å². The Morgan fingerprint density at radius 2 is 2.12 bits per heavy atom. The van der Waals surface area contributed by atoms with Gasteiger partial charge in [-0.2, -0.15) is 0 Å². The van der Waals surface area contributed by atoms with E-state index in [0.717, 1.165) is 17.2 Å². The molecule has 0 fully saturated rings. The molecule has 2 nitrogen and oxygen atoms in total. The second-order valence-electron chi connectivity index (χ2n) is 3.33. The van der Waals surface area contributed by atoms with Gasteiger partial charge in [0.25, 0.3) is 0 Å². The molecule has 0 aliphatic carbocycles. The molecule has 0 unspecified atom stereocenters. The van der Waals surface area contributed by atoms with Crippen LogP contribution >= 0.6 is 34.5 Å². The molecule has 16 heavy (non-hydrogen) atoms. The maximum Gasteiger partial charge on any atom is 0.0897 e. The lowest BCUT2D eigenvalue weighted by Crippen LogP contribution is -1.96. The van der Waals surface area contributed by atoms with Crippen LogP contribution < -0.4 is 5.32 Å². The van der Waals surface area contributed by atoms with Gasteiger partial charge in [0.1, 0.15) is 0 Å². The monoisotopic (exact) mass is 272 g/mol. The van der Waals surface area contributed by atoms with Gasteiger partial charge < -0.3 is 5.32 Å². The third kappa shape index (κ3) is 2.88. The van der Waals surface area contributed by atoms with Gasteiger partial charge in [-0.3, -0.25) is 0 Å². The van der Waals surface area contributed by atoms with E-state index in [2.05, 4.69) is 10.3 Å². The Morgan fingerprint density at radius 1 is 1.31 bits per heavy atom. The molecule has 1 heterocycles. The zero-order valence-corrected chi connectivity index (χ0v) is 11.0. The molecule has 0 atom stereocenters. The predicted octanol–water partition coefficient (Wildman–Crippen LogP) is 4.37. The maximum absolute atomic E-state index is 5.92. The minimum absolute atomic E-state index is 0.562. The molecule has 2 aromatic rings. The molecule has 0 saturated heterocycles. The van der Waals surface area contributed by atoms with E-state index in [0.29, 0.717) is 10.0 Å². The van der Waals surface area contributed by atoms with E-state index in [1.54, 1.807) is 17.4 Å². The van der Waals surface area contributed by atoms with Crippen molar-refractivity contribution in [3.8, 4) is 0 Å². The Hall–Kier alpha value is -0.770. The predicted molar refractivity (Wildman–Crippen MR) is 70.6 cm³/mol. The summed E-state index contributed by atoms with van der Waals surface area (Å²) in [5, 5.41) is 5.48. The Kier molecular flexibility index (Phi) is 3.69. The van der Waals surface area contributed by atoms with Crippen LogP contribution in [0.5, 0.6) is 0 Å². The number of aryl methyl sites for hydroxylation is 1. The molecular weight excluding hydrogens is 263 g/mol. The lowest BCUT2D eigenvalue weighted by atomic mass is 10.3. The zero-order valence-electron chi connectivity index (χ0n) is 8.63. The molecular formula is C11H10Cl2N2S. The van der Waals surface area contributed by atoms with Gasteiger partial charge in [0.2, 0.25) is 0 Å². The maximum atomic E-state index is 5.92. The van der Waals surface area contributed by atoms with Crippen LogP contribution in [0.15, 0.2) is 24.4 Å². The fourth-order valence-electron chi connectivity index (χ4n) is 1.28. The van der Waals surface area contributed by atoms with Crippen molar-refractivity contribution in [2.45, 2.75) is 13.5 Å². The molecule has 0 spiro atoms. The first kappa shape index (κ1) is 11.7. The summed E-state index contributed by atoms with van der Waals surface area (Å²) >= 11 is 13.4. The third-order valence-electron chi connectivity index (χ3n) is 2.06. The van der Waals surface area contributed by atoms with Gasteiger partial charge in [-0.05, 0) is 25.1 Å². The number of hydrogen-bond donors (Lipinski definition) is 1. The average molecular weight is 273 g/mol. The fraction of sp³-hybridized carbons (Fsp3) is 0.182. The number of benzene rings is 1. The van der Waals surface area contributed by atoms with E-state index in [-0.39, 0.29) is 0 Å². The first-order valence-corrected chi connectivity index (χ1v) is 6.32. The SMILES string of the molecule is Cc1ncc(CNc2ccc(Cl)c(Cl)c2)s1. The highest BCUT2D eigenvalue weighted by Gasteiger charge is 2.01. The number of hydrogen-bond acceptors (Lipinski definition) is 3. The smallest absolute Gasteiger partial charge is 0.0897 e. The Bertz CT molecular complexity index is 496. The summed E-state index contributed by atoms with van der Waals surface area (Å²) in [5.41, 5.74) is 0.959. The number of rotatable bonds is 3. The Labute approximate surface area is 108 Å². The highest BCUT2D eigenvalue weighted by Crippen LogP contribution is 2.25. The van der Waals surface area contributed by atoms with Crippen LogP contribution in [0.3, 0.4) is 0 Å². The van der Waals surface area contributed by atoms with Crippen molar-refractivity contribution in [1.29, 1.82) is 0 Å². The average Bonchev–Trinajstić information content (AvgIpc) is 2.66. The van der Waals surface area contributed by atoms with Gasteiger partial charge in [0.05, 0.1) is 21.6 Å². The summed E-state index contributed by atoms with van der Waals surface area (Å²) in [7, 11) is 0. The van der Waals surface area contributed by atoms with Crippen molar-refractivity contribution >= 4 is 40.2 Å². The topological polar surface area (TPSA) is 24.9 Å². The largest absolute Gasteiger partial charge is 0.380 e. The number of nitrogens with zero attached hydrogens (tertiary/aromatic N) is 1. The van der Waals surface area contributed by atoms with Crippen LogP contribution in [0.2, 0.25) is 10.0 Å². The minimum atomic E-state index is 0.562. The van der Waals surface area contributed by atoms with Crippen LogP contribution in [0.1, 0.15) is 9.88 Å². The second kappa shape index (κ2) is 5.04. The number of halogens is 2. The summed E-state index contributed by atoms with van der Waals surface area (Å²) in [6.45, 7) is 2.75. The standard InChI is InChI=1S/C11H10Cl2N2S/c1-7-14-5-9(16-7)6-15-8-2-3-10(12)11(13)4-8/h2-5,15H,6H2,1H3. The van der Waals surface area contributed by atoms with Gasteiger partial charge >= 0.3 is 0 Å². The highest BCUT2D eigenvalue weighted by molar-refractivity contribution is 7.11. The molecule has 2 rings (SSSR count). The van der Waals surface area contributed by atoms with E-state index in [4.69, 9.17) is 23.2 Å². The first-order valence-electron chi connectivity index (χ1n) is 4.75. The lowest BCUT2D eigenvalue weighted by Gasteiger charge is -2.05. The minimum Gasteiger partial charge on any atom is -0.380 e. The molecule has 0 saturated carbocycles. The third-order valence-corrected chi connectivity index (χ3v) is 3.71. The van der Waals surface area contributed by atoms with Gasteiger partial charge in [-0.1, -0.05) is 23.2 Å². The summed E-state index contributed by atoms with van der Waals surface area (Å²) in [4.78, 5) is 5.39. The molecule has 1 aromatic heterocycles. The van der Waals surface area contributed by atoms with Gasteiger partial charge in [0, 0.05) is 16.8 Å². The molecule has 84 valence electrons. The van der Waals surface area contributed by atoms with Crippen LogP contribution in [0.25, 0.3) is 0 Å². The van der Waals surface area contributed by atoms with E-state index in [1.807, 2.05) is 25.3 Å². The van der Waals surface area contributed by atoms with Gasteiger partial charge in [-0.25, -0.2) is 4.98 Å².